The molecule has 35 heavy (non-hydrogen) atoms. The first-order valence-corrected chi connectivity index (χ1v) is 12.1. The zero-order valence-corrected chi connectivity index (χ0v) is 20.1. The van der Waals surface area contributed by atoms with Gasteiger partial charge in [0.2, 0.25) is 5.95 Å². The molecule has 6 rings (SSSR count). The number of nitrogens with zero attached hydrogens (tertiary/aromatic N) is 5. The summed E-state index contributed by atoms with van der Waals surface area (Å²) in [5, 5.41) is 6.72. The van der Waals surface area contributed by atoms with Crippen molar-refractivity contribution in [1.29, 1.82) is 0 Å². The van der Waals surface area contributed by atoms with Gasteiger partial charge in [0, 0.05) is 23.9 Å². The lowest BCUT2D eigenvalue weighted by molar-refractivity contribution is 0.537. The quantitative estimate of drug-likeness (QED) is 0.463. The average molecular weight is 474 g/mol. The highest BCUT2D eigenvalue weighted by molar-refractivity contribution is 5.77. The molecule has 0 saturated heterocycles. The predicted octanol–water partition coefficient (Wildman–Crippen LogP) is 4.14. The standard InChI is InChI=1S/C26H28FN7O/c1-26(2,3)21-5-4-6-22(31-21)34-23-18(24(35)33(34)17-7-8-17)14-29-25(32-23)30-20-12-15-9-10-28-13-16(15)11-19(20)27/h4-6,11-12,14,17,28H,7-10,13H2,1-3H3,(H,29,30,32). The number of anilines is 2. The van der Waals surface area contributed by atoms with E-state index >= 15 is 0 Å². The first kappa shape index (κ1) is 21.9. The Hall–Kier alpha value is -3.59. The Bertz CT molecular complexity index is 1510. The molecule has 1 fully saturated rings. The molecule has 0 atom stereocenters. The van der Waals surface area contributed by atoms with Gasteiger partial charge in [0.05, 0.1) is 11.7 Å². The molecule has 0 unspecified atom stereocenters. The summed E-state index contributed by atoms with van der Waals surface area (Å²) >= 11 is 0. The van der Waals surface area contributed by atoms with E-state index in [0.29, 0.717) is 29.1 Å². The van der Waals surface area contributed by atoms with Crippen LogP contribution < -0.4 is 16.2 Å². The summed E-state index contributed by atoms with van der Waals surface area (Å²) in [4.78, 5) is 27.2. The molecule has 1 aromatic carbocycles. The van der Waals surface area contributed by atoms with Gasteiger partial charge in [-0.3, -0.25) is 4.79 Å². The Morgan fingerprint density at radius 1 is 1.14 bits per heavy atom. The molecule has 2 aliphatic rings. The molecule has 0 radical (unpaired) electrons. The molecule has 3 aromatic heterocycles. The van der Waals surface area contributed by atoms with Crippen LogP contribution in [0.5, 0.6) is 0 Å². The van der Waals surface area contributed by atoms with E-state index in [1.807, 2.05) is 24.3 Å². The van der Waals surface area contributed by atoms with Crippen LogP contribution in [0, 0.1) is 5.82 Å². The highest BCUT2D eigenvalue weighted by atomic mass is 19.1. The second kappa shape index (κ2) is 7.98. The number of benzene rings is 1. The van der Waals surface area contributed by atoms with Crippen LogP contribution in [-0.2, 0) is 18.4 Å². The third-order valence-corrected chi connectivity index (χ3v) is 6.66. The fraction of sp³-hybridized carbons (Fsp3) is 0.385. The van der Waals surface area contributed by atoms with Crippen LogP contribution in [0.1, 0.15) is 56.5 Å². The van der Waals surface area contributed by atoms with E-state index in [1.54, 1.807) is 15.4 Å². The number of aromatic nitrogens is 5. The van der Waals surface area contributed by atoms with E-state index in [-0.39, 0.29) is 28.8 Å². The van der Waals surface area contributed by atoms with E-state index in [4.69, 9.17) is 4.98 Å². The van der Waals surface area contributed by atoms with Crippen molar-refractivity contribution >= 4 is 22.7 Å². The number of hydrogen-bond acceptors (Lipinski definition) is 6. The molecule has 1 aliphatic carbocycles. The van der Waals surface area contributed by atoms with Gasteiger partial charge >= 0.3 is 0 Å². The number of fused-ring (bicyclic) bond motifs is 2. The van der Waals surface area contributed by atoms with Gasteiger partial charge in [-0.1, -0.05) is 26.8 Å². The molecule has 180 valence electrons. The minimum atomic E-state index is -0.358. The van der Waals surface area contributed by atoms with Crippen molar-refractivity contribution in [2.45, 2.75) is 58.0 Å². The van der Waals surface area contributed by atoms with Crippen molar-refractivity contribution < 1.29 is 4.39 Å². The largest absolute Gasteiger partial charge is 0.322 e. The van der Waals surface area contributed by atoms with Crippen molar-refractivity contribution in [2.75, 3.05) is 11.9 Å². The first-order valence-electron chi connectivity index (χ1n) is 12.1. The second-order valence-corrected chi connectivity index (χ2v) is 10.4. The normalized spacial score (nSPS) is 15.9. The lowest BCUT2D eigenvalue weighted by Gasteiger charge is -2.19. The molecule has 1 saturated carbocycles. The van der Waals surface area contributed by atoms with Crippen molar-refractivity contribution in [3.8, 4) is 5.82 Å². The van der Waals surface area contributed by atoms with Crippen molar-refractivity contribution in [1.82, 2.24) is 29.6 Å². The topological polar surface area (TPSA) is 89.7 Å². The van der Waals surface area contributed by atoms with Gasteiger partial charge in [0.25, 0.3) is 5.56 Å². The smallest absolute Gasteiger partial charge is 0.278 e. The molecule has 2 N–H and O–H groups in total. The Labute approximate surface area is 202 Å². The predicted molar refractivity (Wildman–Crippen MR) is 133 cm³/mol. The Morgan fingerprint density at radius 2 is 1.97 bits per heavy atom. The maximum atomic E-state index is 14.8. The van der Waals surface area contributed by atoms with Crippen LogP contribution in [0.2, 0.25) is 0 Å². The van der Waals surface area contributed by atoms with Gasteiger partial charge in [0.15, 0.2) is 11.5 Å². The zero-order valence-electron chi connectivity index (χ0n) is 20.1. The monoisotopic (exact) mass is 473 g/mol. The second-order valence-electron chi connectivity index (χ2n) is 10.4. The first-order chi connectivity index (χ1) is 16.8. The number of rotatable bonds is 4. The summed E-state index contributed by atoms with van der Waals surface area (Å²) in [6.45, 7) is 7.84. The Morgan fingerprint density at radius 3 is 2.74 bits per heavy atom. The fourth-order valence-corrected chi connectivity index (χ4v) is 4.61. The molecular formula is C26H28FN7O. The van der Waals surface area contributed by atoms with Gasteiger partial charge < -0.3 is 10.6 Å². The lowest BCUT2D eigenvalue weighted by Crippen LogP contribution is -2.23. The fourth-order valence-electron chi connectivity index (χ4n) is 4.61. The van der Waals surface area contributed by atoms with Crippen LogP contribution in [0.4, 0.5) is 16.0 Å². The molecular weight excluding hydrogens is 445 g/mol. The molecule has 1 aliphatic heterocycles. The summed E-state index contributed by atoms with van der Waals surface area (Å²) < 4.78 is 18.4. The van der Waals surface area contributed by atoms with Crippen LogP contribution >= 0.6 is 0 Å². The van der Waals surface area contributed by atoms with Crippen molar-refractivity contribution in [3.05, 3.63) is 69.5 Å². The van der Waals surface area contributed by atoms with Gasteiger partial charge in [-0.05, 0) is 61.2 Å². The van der Waals surface area contributed by atoms with Crippen molar-refractivity contribution in [2.24, 2.45) is 0 Å². The molecule has 4 heterocycles. The highest BCUT2D eigenvalue weighted by Gasteiger charge is 2.31. The molecule has 0 amide bonds. The summed E-state index contributed by atoms with van der Waals surface area (Å²) in [7, 11) is 0. The van der Waals surface area contributed by atoms with Crippen LogP contribution in [-0.4, -0.2) is 30.9 Å². The maximum absolute atomic E-state index is 14.8. The average Bonchev–Trinajstić information content (AvgIpc) is 3.63. The molecule has 8 nitrogen and oxygen atoms in total. The van der Waals surface area contributed by atoms with Gasteiger partial charge in [-0.25, -0.2) is 23.7 Å². The number of hydrogen-bond donors (Lipinski definition) is 2. The third-order valence-electron chi connectivity index (χ3n) is 6.66. The third kappa shape index (κ3) is 3.89. The number of nitrogens with one attached hydrogen (secondary N) is 2. The summed E-state index contributed by atoms with van der Waals surface area (Å²) in [6.07, 6.45) is 4.23. The van der Waals surface area contributed by atoms with Gasteiger partial charge in [-0.2, -0.15) is 4.98 Å². The molecule has 4 aromatic rings. The number of pyridine rings is 1. The van der Waals surface area contributed by atoms with Gasteiger partial charge in [-0.15, -0.1) is 0 Å². The summed E-state index contributed by atoms with van der Waals surface area (Å²) in [5.41, 5.74) is 3.50. The van der Waals surface area contributed by atoms with E-state index in [0.717, 1.165) is 42.6 Å². The van der Waals surface area contributed by atoms with E-state index in [2.05, 4.69) is 41.4 Å². The van der Waals surface area contributed by atoms with E-state index in [9.17, 15) is 9.18 Å². The number of halogens is 1. The SMILES string of the molecule is CC(C)(C)c1cccc(-n2c3nc(Nc4cc5c(cc4F)CNCC5)ncc3c(=O)n2C2CC2)n1. The molecule has 9 heteroatoms. The minimum absolute atomic E-state index is 0.111. The van der Waals surface area contributed by atoms with E-state index < -0.39 is 0 Å². The highest BCUT2D eigenvalue weighted by Crippen LogP contribution is 2.36. The zero-order chi connectivity index (χ0) is 24.3. The van der Waals surface area contributed by atoms with E-state index in [1.165, 1.54) is 6.20 Å². The summed E-state index contributed by atoms with van der Waals surface area (Å²) in [5.74, 6) is 0.510. The molecule has 0 bridgehead atoms. The lowest BCUT2D eigenvalue weighted by atomic mass is 9.92. The van der Waals surface area contributed by atoms with Gasteiger partial charge in [0.1, 0.15) is 11.2 Å². The van der Waals surface area contributed by atoms with Crippen molar-refractivity contribution in [3.63, 3.8) is 0 Å². The maximum Gasteiger partial charge on any atom is 0.278 e. The minimum Gasteiger partial charge on any atom is -0.322 e. The molecule has 0 spiro atoms. The van der Waals surface area contributed by atoms with Crippen LogP contribution in [0.15, 0.2) is 41.3 Å². The van der Waals surface area contributed by atoms with Crippen LogP contribution in [0.3, 0.4) is 0 Å². The summed E-state index contributed by atoms with van der Waals surface area (Å²) in [6, 6.07) is 9.33. The Balaban J connectivity index is 1.48. The van der Waals surface area contributed by atoms with Crippen LogP contribution in [0.25, 0.3) is 16.9 Å². The Kier molecular flexibility index (Phi) is 5.00.